The Morgan fingerprint density at radius 1 is 0.889 bits per heavy atom. The number of nitrogens with one attached hydrogen (secondary N) is 1. The largest absolute Gasteiger partial charge is 0.357 e. The zero-order valence-electron chi connectivity index (χ0n) is 10.1. The Balaban J connectivity index is 2.31. The molecule has 0 unspecified atom stereocenters. The van der Waals surface area contributed by atoms with Crippen LogP contribution < -0.4 is 0 Å². The molecule has 2 aromatic heterocycles. The van der Waals surface area contributed by atoms with Gasteiger partial charge in [0, 0.05) is 21.9 Å². The summed E-state index contributed by atoms with van der Waals surface area (Å²) in [5.41, 5.74) is 4.41. The number of para-hydroxylation sites is 1. The molecule has 2 aromatic carbocycles. The topological polar surface area (TPSA) is 28.7 Å². The molecule has 0 atom stereocenters. The van der Waals surface area contributed by atoms with Crippen molar-refractivity contribution >= 4 is 32.7 Å². The number of rotatable bonds is 0. The number of aryl methyl sites for hydroxylation is 1. The van der Waals surface area contributed by atoms with Gasteiger partial charge in [-0.05, 0) is 19.1 Å². The molecule has 0 saturated heterocycles. The third-order valence-electron chi connectivity index (χ3n) is 3.47. The van der Waals surface area contributed by atoms with Gasteiger partial charge >= 0.3 is 0 Å². The Morgan fingerprint density at radius 3 is 2.67 bits per heavy atom. The lowest BCUT2D eigenvalue weighted by molar-refractivity contribution is 1.26. The Morgan fingerprint density at radius 2 is 1.72 bits per heavy atom. The molecule has 18 heavy (non-hydrogen) atoms. The average Bonchev–Trinajstić information content (AvgIpc) is 2.78. The third kappa shape index (κ3) is 1.20. The van der Waals surface area contributed by atoms with Gasteiger partial charge in [-0.3, -0.25) is 0 Å². The SMILES string of the molecule is Cc1ccc2ccc3c4ccccc4nc3c2[nH]1. The van der Waals surface area contributed by atoms with E-state index < -0.39 is 0 Å². The summed E-state index contributed by atoms with van der Waals surface area (Å²) in [4.78, 5) is 8.18. The van der Waals surface area contributed by atoms with Crippen molar-refractivity contribution in [3.05, 3.63) is 54.2 Å². The second kappa shape index (κ2) is 3.33. The van der Waals surface area contributed by atoms with Crippen molar-refractivity contribution in [1.29, 1.82) is 0 Å². The molecule has 2 nitrogen and oxygen atoms in total. The van der Waals surface area contributed by atoms with E-state index >= 15 is 0 Å². The Kier molecular flexibility index (Phi) is 1.78. The summed E-state index contributed by atoms with van der Waals surface area (Å²) in [6, 6.07) is 16.8. The lowest BCUT2D eigenvalue weighted by Crippen LogP contribution is -1.84. The van der Waals surface area contributed by atoms with E-state index in [2.05, 4.69) is 54.4 Å². The van der Waals surface area contributed by atoms with Gasteiger partial charge in [0.25, 0.3) is 0 Å². The maximum atomic E-state index is 4.75. The van der Waals surface area contributed by atoms with Gasteiger partial charge in [0.15, 0.2) is 0 Å². The molecule has 0 fully saturated rings. The minimum atomic E-state index is 1.06. The van der Waals surface area contributed by atoms with Gasteiger partial charge in [-0.25, -0.2) is 4.98 Å². The van der Waals surface area contributed by atoms with E-state index in [0.29, 0.717) is 0 Å². The smallest absolute Gasteiger partial charge is 0.0957 e. The van der Waals surface area contributed by atoms with Crippen molar-refractivity contribution in [2.45, 2.75) is 6.92 Å². The Bertz CT molecular complexity index is 887. The number of aromatic amines is 1. The first-order valence-corrected chi connectivity index (χ1v) is 6.10. The number of aromatic nitrogens is 2. The summed E-state index contributed by atoms with van der Waals surface area (Å²) < 4.78 is 0. The molecule has 0 aliphatic rings. The van der Waals surface area contributed by atoms with E-state index in [9.17, 15) is 0 Å². The molecule has 0 amide bonds. The highest BCUT2D eigenvalue weighted by Gasteiger charge is 2.08. The van der Waals surface area contributed by atoms with Crippen molar-refractivity contribution in [3.63, 3.8) is 0 Å². The fraction of sp³-hybridized carbons (Fsp3) is 0.0625. The summed E-state index contributed by atoms with van der Waals surface area (Å²) in [5, 5.41) is 3.65. The van der Waals surface area contributed by atoms with Crippen molar-refractivity contribution < 1.29 is 0 Å². The van der Waals surface area contributed by atoms with Gasteiger partial charge in [-0.15, -0.1) is 0 Å². The molecule has 2 heteroatoms. The van der Waals surface area contributed by atoms with E-state index in [1.54, 1.807) is 0 Å². The van der Waals surface area contributed by atoms with Crippen molar-refractivity contribution in [2.24, 2.45) is 0 Å². The first kappa shape index (κ1) is 9.66. The van der Waals surface area contributed by atoms with Crippen LogP contribution in [0.15, 0.2) is 48.5 Å². The Labute approximate surface area is 104 Å². The standard InChI is InChI=1S/C16H12N2/c1-10-6-7-11-8-9-13-12-4-2-3-5-14(12)18-16(13)15(11)17-10/h2-9,17H,1H3. The maximum Gasteiger partial charge on any atom is 0.0957 e. The fourth-order valence-corrected chi connectivity index (χ4v) is 2.58. The van der Waals surface area contributed by atoms with Crippen LogP contribution in [0.25, 0.3) is 32.7 Å². The zero-order chi connectivity index (χ0) is 12.1. The minimum Gasteiger partial charge on any atom is -0.357 e. The normalized spacial score (nSPS) is 11.6. The number of hydrogen-bond donors (Lipinski definition) is 1. The fourth-order valence-electron chi connectivity index (χ4n) is 2.58. The van der Waals surface area contributed by atoms with Crippen LogP contribution >= 0.6 is 0 Å². The first-order valence-electron chi connectivity index (χ1n) is 6.10. The third-order valence-corrected chi connectivity index (χ3v) is 3.47. The highest BCUT2D eigenvalue weighted by molar-refractivity contribution is 6.15. The molecule has 0 radical (unpaired) electrons. The van der Waals surface area contributed by atoms with Gasteiger partial charge in [0.05, 0.1) is 16.6 Å². The summed E-state index contributed by atoms with van der Waals surface area (Å²) in [7, 11) is 0. The molecular formula is C16H12N2. The Hall–Kier alpha value is -2.35. The number of nitrogens with zero attached hydrogens (tertiary/aromatic N) is 1. The number of H-pyrrole nitrogens is 1. The maximum absolute atomic E-state index is 4.75. The summed E-state index contributed by atoms with van der Waals surface area (Å²) >= 11 is 0. The van der Waals surface area contributed by atoms with Crippen LogP contribution in [0.3, 0.4) is 0 Å². The van der Waals surface area contributed by atoms with Crippen molar-refractivity contribution in [3.8, 4) is 0 Å². The molecule has 0 spiro atoms. The first-order chi connectivity index (χ1) is 8.83. The molecule has 4 aromatic rings. The van der Waals surface area contributed by atoms with Crippen LogP contribution in [-0.2, 0) is 0 Å². The monoisotopic (exact) mass is 232 g/mol. The van der Waals surface area contributed by atoms with E-state index in [1.165, 1.54) is 16.2 Å². The molecule has 0 bridgehead atoms. The highest BCUT2D eigenvalue weighted by atomic mass is 14.8. The van der Waals surface area contributed by atoms with Gasteiger partial charge in [0.2, 0.25) is 0 Å². The quantitative estimate of drug-likeness (QED) is 0.484. The number of benzene rings is 2. The molecule has 1 N–H and O–H groups in total. The van der Waals surface area contributed by atoms with E-state index in [0.717, 1.165) is 22.2 Å². The predicted molar refractivity (Wildman–Crippen MR) is 75.8 cm³/mol. The van der Waals surface area contributed by atoms with Crippen molar-refractivity contribution in [1.82, 2.24) is 9.97 Å². The predicted octanol–water partition coefficient (Wildman–Crippen LogP) is 4.18. The lowest BCUT2D eigenvalue weighted by Gasteiger charge is -2.01. The van der Waals surface area contributed by atoms with Crippen LogP contribution in [-0.4, -0.2) is 9.97 Å². The lowest BCUT2D eigenvalue weighted by atomic mass is 10.1. The molecule has 0 saturated carbocycles. The summed E-state index contributed by atoms with van der Waals surface area (Å²) in [5.74, 6) is 0. The van der Waals surface area contributed by atoms with Crippen molar-refractivity contribution in [2.75, 3.05) is 0 Å². The van der Waals surface area contributed by atoms with Gasteiger partial charge in [0.1, 0.15) is 0 Å². The van der Waals surface area contributed by atoms with E-state index in [-0.39, 0.29) is 0 Å². The molecule has 2 heterocycles. The van der Waals surface area contributed by atoms with E-state index in [1.807, 2.05) is 6.07 Å². The number of fused-ring (bicyclic) bond motifs is 5. The van der Waals surface area contributed by atoms with Crippen LogP contribution in [0.1, 0.15) is 5.69 Å². The average molecular weight is 232 g/mol. The van der Waals surface area contributed by atoms with Gasteiger partial charge in [-0.2, -0.15) is 0 Å². The highest BCUT2D eigenvalue weighted by Crippen LogP contribution is 2.30. The van der Waals surface area contributed by atoms with Crippen LogP contribution in [0, 0.1) is 6.92 Å². The van der Waals surface area contributed by atoms with Gasteiger partial charge in [-0.1, -0.05) is 36.4 Å². The number of hydrogen-bond acceptors (Lipinski definition) is 1. The van der Waals surface area contributed by atoms with Crippen LogP contribution in [0.5, 0.6) is 0 Å². The number of pyridine rings is 1. The van der Waals surface area contributed by atoms with Crippen LogP contribution in [0.4, 0.5) is 0 Å². The summed E-state index contributed by atoms with van der Waals surface area (Å²) in [6.45, 7) is 2.07. The zero-order valence-corrected chi connectivity index (χ0v) is 10.1. The summed E-state index contributed by atoms with van der Waals surface area (Å²) in [6.07, 6.45) is 0. The van der Waals surface area contributed by atoms with Gasteiger partial charge < -0.3 is 4.98 Å². The molecule has 86 valence electrons. The molecule has 0 aliphatic heterocycles. The van der Waals surface area contributed by atoms with E-state index in [4.69, 9.17) is 4.98 Å². The molecule has 0 aliphatic carbocycles. The molecule has 4 rings (SSSR count). The second-order valence-corrected chi connectivity index (χ2v) is 4.70. The van der Waals surface area contributed by atoms with Crippen LogP contribution in [0.2, 0.25) is 0 Å². The minimum absolute atomic E-state index is 1.06. The molecular weight excluding hydrogens is 220 g/mol. The second-order valence-electron chi connectivity index (χ2n) is 4.70.